The van der Waals surface area contributed by atoms with Gasteiger partial charge in [-0.2, -0.15) is 0 Å². The molecule has 1 atom stereocenters. The third-order valence-corrected chi connectivity index (χ3v) is 4.26. The van der Waals surface area contributed by atoms with Gasteiger partial charge in [0, 0.05) is 13.1 Å². The van der Waals surface area contributed by atoms with Gasteiger partial charge in [-0.15, -0.1) is 0 Å². The first kappa shape index (κ1) is 17.7. The van der Waals surface area contributed by atoms with E-state index in [1.54, 1.807) is 17.0 Å². The highest BCUT2D eigenvalue weighted by atomic mass is 16.4. The number of rotatable bonds is 6. The summed E-state index contributed by atoms with van der Waals surface area (Å²) in [6, 6.07) is 14.9. The molecule has 0 saturated carbocycles. The Morgan fingerprint density at radius 1 is 1.00 bits per heavy atom. The van der Waals surface area contributed by atoms with Crippen LogP contribution in [0.25, 0.3) is 0 Å². The molecule has 0 aromatic heterocycles. The summed E-state index contributed by atoms with van der Waals surface area (Å²) in [5, 5.41) is 8.90. The predicted molar refractivity (Wildman–Crippen MR) is 94.2 cm³/mol. The summed E-state index contributed by atoms with van der Waals surface area (Å²) in [5.74, 6) is -0.936. The van der Waals surface area contributed by atoms with Crippen LogP contribution in [0.5, 0.6) is 0 Å². The van der Waals surface area contributed by atoms with Gasteiger partial charge in [-0.25, -0.2) is 4.79 Å². The molecule has 0 spiro atoms. The van der Waals surface area contributed by atoms with Gasteiger partial charge in [-0.05, 0) is 43.5 Å². The number of amides is 1. The van der Waals surface area contributed by atoms with Gasteiger partial charge in [-0.3, -0.25) is 4.79 Å². The standard InChI is InChI=1S/C20H23NO3/c1-14-4-6-16(7-5-14)12-15(2)21(3)19(22)13-17-8-10-18(11-9-17)20(23)24/h4-11,15H,12-13H2,1-3H3,(H,23,24). The summed E-state index contributed by atoms with van der Waals surface area (Å²) in [6.45, 7) is 4.09. The lowest BCUT2D eigenvalue weighted by molar-refractivity contribution is -0.130. The molecule has 0 aliphatic rings. The van der Waals surface area contributed by atoms with Crippen molar-refractivity contribution in [2.75, 3.05) is 7.05 Å². The molecule has 4 heteroatoms. The number of nitrogens with zero attached hydrogens (tertiary/aromatic N) is 1. The molecule has 2 rings (SSSR count). The zero-order chi connectivity index (χ0) is 17.7. The summed E-state index contributed by atoms with van der Waals surface area (Å²) in [4.78, 5) is 25.0. The molecular weight excluding hydrogens is 302 g/mol. The molecular formula is C20H23NO3. The number of carboxylic acid groups (broad SMARTS) is 1. The number of carbonyl (C=O) groups excluding carboxylic acids is 1. The highest BCUT2D eigenvalue weighted by Gasteiger charge is 2.16. The lowest BCUT2D eigenvalue weighted by Crippen LogP contribution is -2.37. The SMILES string of the molecule is Cc1ccc(CC(C)N(C)C(=O)Cc2ccc(C(=O)O)cc2)cc1. The molecule has 2 aromatic rings. The van der Waals surface area contributed by atoms with Gasteiger partial charge in [0.2, 0.25) is 5.91 Å². The van der Waals surface area contributed by atoms with Crippen LogP contribution in [-0.4, -0.2) is 35.0 Å². The van der Waals surface area contributed by atoms with Crippen LogP contribution in [0.3, 0.4) is 0 Å². The van der Waals surface area contributed by atoms with Crippen molar-refractivity contribution in [3.05, 3.63) is 70.8 Å². The van der Waals surface area contributed by atoms with E-state index in [9.17, 15) is 9.59 Å². The largest absolute Gasteiger partial charge is 0.478 e. The van der Waals surface area contributed by atoms with Crippen LogP contribution in [0, 0.1) is 6.92 Å². The number of carboxylic acids is 1. The summed E-state index contributed by atoms with van der Waals surface area (Å²) in [5.41, 5.74) is 3.48. The quantitative estimate of drug-likeness (QED) is 0.886. The highest BCUT2D eigenvalue weighted by Crippen LogP contribution is 2.12. The van der Waals surface area contributed by atoms with Crippen molar-refractivity contribution in [1.29, 1.82) is 0 Å². The van der Waals surface area contributed by atoms with Crippen molar-refractivity contribution in [2.45, 2.75) is 32.7 Å². The number of aryl methyl sites for hydroxylation is 1. The third kappa shape index (κ3) is 4.69. The molecule has 0 heterocycles. The molecule has 1 amide bonds. The van der Waals surface area contributed by atoms with Crippen molar-refractivity contribution in [3.8, 4) is 0 Å². The fourth-order valence-corrected chi connectivity index (χ4v) is 2.51. The smallest absolute Gasteiger partial charge is 0.335 e. The number of carbonyl (C=O) groups is 2. The van der Waals surface area contributed by atoms with Crippen molar-refractivity contribution in [1.82, 2.24) is 4.90 Å². The van der Waals surface area contributed by atoms with E-state index in [4.69, 9.17) is 5.11 Å². The Labute approximate surface area is 142 Å². The van der Waals surface area contributed by atoms with Crippen molar-refractivity contribution < 1.29 is 14.7 Å². The third-order valence-electron chi connectivity index (χ3n) is 4.26. The van der Waals surface area contributed by atoms with Gasteiger partial charge in [0.05, 0.1) is 12.0 Å². The van der Waals surface area contributed by atoms with Crippen molar-refractivity contribution >= 4 is 11.9 Å². The molecule has 1 N–H and O–H groups in total. The van der Waals surface area contributed by atoms with Gasteiger partial charge in [0.15, 0.2) is 0 Å². The first-order chi connectivity index (χ1) is 11.4. The van der Waals surface area contributed by atoms with Gasteiger partial charge in [-0.1, -0.05) is 42.0 Å². The first-order valence-electron chi connectivity index (χ1n) is 8.00. The second-order valence-corrected chi connectivity index (χ2v) is 6.22. The van der Waals surface area contributed by atoms with Gasteiger partial charge < -0.3 is 10.0 Å². The summed E-state index contributed by atoms with van der Waals surface area (Å²) in [7, 11) is 1.81. The van der Waals surface area contributed by atoms with E-state index in [0.29, 0.717) is 0 Å². The second kappa shape index (κ2) is 7.77. The van der Waals surface area contributed by atoms with Gasteiger partial charge >= 0.3 is 5.97 Å². The Morgan fingerprint density at radius 3 is 2.08 bits per heavy atom. The van der Waals surface area contributed by atoms with Gasteiger partial charge in [0.25, 0.3) is 0 Å². The molecule has 0 aliphatic heterocycles. The Hall–Kier alpha value is -2.62. The van der Waals surface area contributed by atoms with Crippen molar-refractivity contribution in [2.24, 2.45) is 0 Å². The molecule has 1 unspecified atom stereocenters. The number of hydrogen-bond donors (Lipinski definition) is 1. The van der Waals surface area contributed by atoms with E-state index in [2.05, 4.69) is 31.2 Å². The molecule has 0 bridgehead atoms. The topological polar surface area (TPSA) is 57.6 Å². The van der Waals surface area contributed by atoms with Crippen LogP contribution in [0.4, 0.5) is 0 Å². The minimum absolute atomic E-state index is 0.0256. The fraction of sp³-hybridized carbons (Fsp3) is 0.300. The van der Waals surface area contributed by atoms with E-state index in [1.807, 2.05) is 14.0 Å². The highest BCUT2D eigenvalue weighted by molar-refractivity contribution is 5.87. The molecule has 4 nitrogen and oxygen atoms in total. The minimum Gasteiger partial charge on any atom is -0.478 e. The van der Waals surface area contributed by atoms with Crippen LogP contribution in [0.2, 0.25) is 0 Å². The van der Waals surface area contributed by atoms with E-state index in [1.165, 1.54) is 23.3 Å². The second-order valence-electron chi connectivity index (χ2n) is 6.22. The summed E-state index contributed by atoms with van der Waals surface area (Å²) in [6.07, 6.45) is 1.08. The van der Waals surface area contributed by atoms with E-state index < -0.39 is 5.97 Å². The average Bonchev–Trinajstić information content (AvgIpc) is 2.56. The Balaban J connectivity index is 1.95. The maximum Gasteiger partial charge on any atom is 0.335 e. The number of likely N-dealkylation sites (N-methyl/N-ethyl adjacent to an activating group) is 1. The summed E-state index contributed by atoms with van der Waals surface area (Å²) < 4.78 is 0. The lowest BCUT2D eigenvalue weighted by atomic mass is 10.0. The van der Waals surface area contributed by atoms with Crippen LogP contribution < -0.4 is 0 Å². The monoisotopic (exact) mass is 325 g/mol. The molecule has 0 fully saturated rings. The van der Waals surface area contributed by atoms with E-state index in [0.717, 1.165) is 12.0 Å². The maximum absolute atomic E-state index is 12.4. The van der Waals surface area contributed by atoms with Crippen LogP contribution in [-0.2, 0) is 17.6 Å². The molecule has 0 saturated heterocycles. The fourth-order valence-electron chi connectivity index (χ4n) is 2.51. The predicted octanol–water partition coefficient (Wildman–Crippen LogP) is 3.33. The van der Waals surface area contributed by atoms with Crippen LogP contribution in [0.15, 0.2) is 48.5 Å². The Bertz CT molecular complexity index is 705. The zero-order valence-corrected chi connectivity index (χ0v) is 14.3. The lowest BCUT2D eigenvalue weighted by Gasteiger charge is -2.25. The number of benzene rings is 2. The number of aromatic carboxylic acids is 1. The van der Waals surface area contributed by atoms with Crippen LogP contribution in [0.1, 0.15) is 34.0 Å². The number of hydrogen-bond acceptors (Lipinski definition) is 2. The maximum atomic E-state index is 12.4. The summed E-state index contributed by atoms with van der Waals surface area (Å²) >= 11 is 0. The first-order valence-corrected chi connectivity index (χ1v) is 8.00. The average molecular weight is 325 g/mol. The molecule has 0 radical (unpaired) electrons. The molecule has 126 valence electrons. The zero-order valence-electron chi connectivity index (χ0n) is 14.3. The molecule has 2 aromatic carbocycles. The minimum atomic E-state index is -0.961. The molecule has 24 heavy (non-hydrogen) atoms. The van der Waals surface area contributed by atoms with E-state index in [-0.39, 0.29) is 23.9 Å². The Morgan fingerprint density at radius 2 is 1.54 bits per heavy atom. The van der Waals surface area contributed by atoms with E-state index >= 15 is 0 Å². The van der Waals surface area contributed by atoms with Crippen LogP contribution >= 0.6 is 0 Å². The normalized spacial score (nSPS) is 11.8. The Kier molecular flexibility index (Phi) is 5.74. The molecule has 0 aliphatic carbocycles. The van der Waals surface area contributed by atoms with Gasteiger partial charge in [0.1, 0.15) is 0 Å². The van der Waals surface area contributed by atoms with Crippen molar-refractivity contribution in [3.63, 3.8) is 0 Å².